The summed E-state index contributed by atoms with van der Waals surface area (Å²) in [6.07, 6.45) is 1.46. The van der Waals surface area contributed by atoms with E-state index in [0.717, 1.165) is 0 Å². The summed E-state index contributed by atoms with van der Waals surface area (Å²) >= 11 is 0. The van der Waals surface area contributed by atoms with Gasteiger partial charge in [-0.1, -0.05) is 0 Å². The quantitative estimate of drug-likeness (QED) is 0.443. The highest BCUT2D eigenvalue weighted by molar-refractivity contribution is 6.31. The number of benzene rings is 1. The summed E-state index contributed by atoms with van der Waals surface area (Å²) in [7, 11) is 0. The molecule has 0 amide bonds. The van der Waals surface area contributed by atoms with Gasteiger partial charge in [0.2, 0.25) is 0 Å². The van der Waals surface area contributed by atoms with E-state index in [1.54, 1.807) is 19.1 Å². The van der Waals surface area contributed by atoms with E-state index in [9.17, 15) is 4.39 Å². The Labute approximate surface area is 87.5 Å². The smallest absolute Gasteiger partial charge is 0.126 e. The van der Waals surface area contributed by atoms with Gasteiger partial charge in [0.25, 0.3) is 0 Å². The molecule has 0 aliphatic rings. The van der Waals surface area contributed by atoms with Gasteiger partial charge in [-0.3, -0.25) is 4.99 Å². The van der Waals surface area contributed by atoms with E-state index >= 15 is 0 Å². The van der Waals surface area contributed by atoms with Crippen LogP contribution in [0.15, 0.2) is 28.3 Å². The normalized spacial score (nSPS) is 12.3. The van der Waals surface area contributed by atoms with E-state index < -0.39 is 0 Å². The van der Waals surface area contributed by atoms with E-state index in [2.05, 4.69) is 10.1 Å². The van der Waals surface area contributed by atoms with Crippen molar-refractivity contribution in [1.29, 1.82) is 0 Å². The Bertz CT molecular complexity index is 398. The van der Waals surface area contributed by atoms with Gasteiger partial charge in [0.1, 0.15) is 5.82 Å². The van der Waals surface area contributed by atoms with E-state index in [1.807, 2.05) is 0 Å². The number of rotatable bonds is 3. The van der Waals surface area contributed by atoms with Crippen LogP contribution >= 0.6 is 0 Å². The zero-order valence-corrected chi connectivity index (χ0v) is 8.44. The van der Waals surface area contributed by atoms with Gasteiger partial charge in [0.15, 0.2) is 0 Å². The first kappa shape index (κ1) is 11.3. The van der Waals surface area contributed by atoms with Crippen LogP contribution in [-0.4, -0.2) is 18.5 Å². The second kappa shape index (κ2) is 5.21. The highest BCUT2D eigenvalue weighted by atomic mass is 19.1. The van der Waals surface area contributed by atoms with E-state index in [0.29, 0.717) is 17.0 Å². The van der Waals surface area contributed by atoms with Crippen molar-refractivity contribution in [2.45, 2.75) is 6.92 Å². The Hall–Kier alpha value is -1.75. The maximum Gasteiger partial charge on any atom is 0.126 e. The van der Waals surface area contributed by atoms with Gasteiger partial charge in [-0.05, 0) is 30.7 Å². The van der Waals surface area contributed by atoms with Gasteiger partial charge in [-0.25, -0.2) is 4.39 Å². The summed E-state index contributed by atoms with van der Waals surface area (Å²) in [4.78, 5) is 4.07. The molecule has 0 atom stereocenters. The lowest BCUT2D eigenvalue weighted by Crippen LogP contribution is -2.16. The maximum absolute atomic E-state index is 12.9. The minimum Gasteiger partial charge on any atom is -0.325 e. The summed E-state index contributed by atoms with van der Waals surface area (Å²) in [5.41, 5.74) is 7.01. The number of nitrogens with zero attached hydrogens (tertiary/aromatic N) is 2. The summed E-state index contributed by atoms with van der Waals surface area (Å²) in [5.74, 6) is 4.81. The minimum absolute atomic E-state index is 0.222. The van der Waals surface area contributed by atoms with Crippen LogP contribution in [-0.2, 0) is 0 Å². The molecule has 0 aliphatic carbocycles. The molecule has 0 saturated carbocycles. The van der Waals surface area contributed by atoms with Crippen LogP contribution in [0.25, 0.3) is 0 Å². The predicted octanol–water partition coefficient (Wildman–Crippen LogP) is 1.11. The van der Waals surface area contributed by atoms with Crippen LogP contribution in [0.4, 0.5) is 10.1 Å². The van der Waals surface area contributed by atoms with Crippen LogP contribution in [0.1, 0.15) is 5.56 Å². The van der Waals surface area contributed by atoms with Crippen LogP contribution in [0.3, 0.4) is 0 Å². The maximum atomic E-state index is 12.9. The fourth-order valence-corrected chi connectivity index (χ4v) is 0.997. The Morgan fingerprint density at radius 3 is 2.80 bits per heavy atom. The second-order valence-corrected chi connectivity index (χ2v) is 3.02. The Morgan fingerprint density at radius 2 is 2.27 bits per heavy atom. The molecule has 0 aliphatic heterocycles. The van der Waals surface area contributed by atoms with Crippen LogP contribution in [0, 0.1) is 12.7 Å². The molecule has 4 nitrogen and oxygen atoms in total. The largest absolute Gasteiger partial charge is 0.325 e. The van der Waals surface area contributed by atoms with Crippen LogP contribution in [0.2, 0.25) is 0 Å². The highest BCUT2D eigenvalue weighted by Gasteiger charge is 1.97. The van der Waals surface area contributed by atoms with Crippen molar-refractivity contribution < 1.29 is 4.39 Å². The molecule has 4 N–H and O–H groups in total. The lowest BCUT2D eigenvalue weighted by atomic mass is 10.2. The molecular weight excluding hydrogens is 195 g/mol. The van der Waals surface area contributed by atoms with Crippen molar-refractivity contribution in [2.24, 2.45) is 21.7 Å². The summed E-state index contributed by atoms with van der Waals surface area (Å²) in [5, 5.41) is 3.43. The van der Waals surface area contributed by atoms with Crippen molar-refractivity contribution in [3.05, 3.63) is 29.6 Å². The van der Waals surface area contributed by atoms with Gasteiger partial charge in [0, 0.05) is 6.54 Å². The van der Waals surface area contributed by atoms with Crippen molar-refractivity contribution in [1.82, 2.24) is 0 Å². The molecule has 5 heteroatoms. The van der Waals surface area contributed by atoms with E-state index in [4.69, 9.17) is 11.6 Å². The monoisotopic (exact) mass is 208 g/mol. The topological polar surface area (TPSA) is 76.8 Å². The number of hydrogen-bond donors (Lipinski definition) is 2. The van der Waals surface area contributed by atoms with Gasteiger partial charge in [0.05, 0.1) is 17.6 Å². The molecule has 80 valence electrons. The molecule has 0 saturated heterocycles. The number of aliphatic imine (C=N–C) groups is 1. The van der Waals surface area contributed by atoms with Gasteiger partial charge < -0.3 is 11.6 Å². The SMILES string of the molecule is Cc1cc(N=CC(CN)=NN)ccc1F. The zero-order valence-electron chi connectivity index (χ0n) is 8.44. The number of halogens is 1. The highest BCUT2D eigenvalue weighted by Crippen LogP contribution is 2.15. The molecule has 0 unspecified atom stereocenters. The molecule has 0 heterocycles. The van der Waals surface area contributed by atoms with Gasteiger partial charge >= 0.3 is 0 Å². The lowest BCUT2D eigenvalue weighted by Gasteiger charge is -1.98. The molecule has 1 rings (SSSR count). The fourth-order valence-electron chi connectivity index (χ4n) is 0.997. The third-order valence-electron chi connectivity index (χ3n) is 1.88. The van der Waals surface area contributed by atoms with Gasteiger partial charge in [-0.2, -0.15) is 5.10 Å². The first-order valence-corrected chi connectivity index (χ1v) is 4.44. The molecule has 0 aromatic heterocycles. The standard InChI is InChI=1S/C10H13FN4/c1-7-4-8(2-3-10(7)11)14-6-9(5-12)15-13/h2-4,6H,5,12-13H2,1H3. The minimum atomic E-state index is -0.250. The lowest BCUT2D eigenvalue weighted by molar-refractivity contribution is 0.618. The summed E-state index contributed by atoms with van der Waals surface area (Å²) < 4.78 is 12.9. The molecular formula is C10H13FN4. The van der Waals surface area contributed by atoms with Crippen LogP contribution in [0.5, 0.6) is 0 Å². The fraction of sp³-hybridized carbons (Fsp3) is 0.200. The third-order valence-corrected chi connectivity index (χ3v) is 1.88. The van der Waals surface area contributed by atoms with Crippen LogP contribution < -0.4 is 11.6 Å². The average molecular weight is 208 g/mol. The molecule has 1 aromatic carbocycles. The molecule has 0 bridgehead atoms. The van der Waals surface area contributed by atoms with Crippen molar-refractivity contribution >= 4 is 17.6 Å². The van der Waals surface area contributed by atoms with Crippen molar-refractivity contribution in [3.8, 4) is 0 Å². The summed E-state index contributed by atoms with van der Waals surface area (Å²) in [6.45, 7) is 1.90. The number of hydrazone groups is 1. The predicted molar refractivity (Wildman–Crippen MR) is 60.0 cm³/mol. The molecule has 0 fully saturated rings. The van der Waals surface area contributed by atoms with E-state index in [-0.39, 0.29) is 12.4 Å². The number of nitrogens with two attached hydrogens (primary N) is 2. The first-order chi connectivity index (χ1) is 7.17. The first-order valence-electron chi connectivity index (χ1n) is 4.44. The zero-order chi connectivity index (χ0) is 11.3. The molecule has 1 aromatic rings. The Morgan fingerprint density at radius 1 is 1.53 bits per heavy atom. The summed E-state index contributed by atoms with van der Waals surface area (Å²) in [6, 6.07) is 4.57. The van der Waals surface area contributed by atoms with E-state index in [1.165, 1.54) is 12.3 Å². The second-order valence-electron chi connectivity index (χ2n) is 3.02. The Kier molecular flexibility index (Phi) is 3.93. The van der Waals surface area contributed by atoms with Gasteiger partial charge in [-0.15, -0.1) is 0 Å². The number of aryl methyl sites for hydroxylation is 1. The number of hydrogen-bond acceptors (Lipinski definition) is 4. The molecule has 15 heavy (non-hydrogen) atoms. The van der Waals surface area contributed by atoms with Crippen molar-refractivity contribution in [2.75, 3.05) is 6.54 Å². The Balaban J connectivity index is 2.85. The molecule has 0 spiro atoms. The van der Waals surface area contributed by atoms with Crippen molar-refractivity contribution in [3.63, 3.8) is 0 Å². The molecule has 0 radical (unpaired) electrons. The third kappa shape index (κ3) is 3.14. The average Bonchev–Trinajstić information content (AvgIpc) is 2.24.